The van der Waals surface area contributed by atoms with Crippen molar-refractivity contribution >= 4 is 5.91 Å². The first-order chi connectivity index (χ1) is 6.61. The van der Waals surface area contributed by atoms with Gasteiger partial charge >= 0.3 is 0 Å². The maximum atomic E-state index is 11.3. The molecular formula is C10H22N2O2. The van der Waals surface area contributed by atoms with Gasteiger partial charge in [0.25, 0.3) is 0 Å². The van der Waals surface area contributed by atoms with Crippen molar-refractivity contribution in [2.45, 2.75) is 26.8 Å². The summed E-state index contributed by atoms with van der Waals surface area (Å²) in [6.45, 7) is 8.06. The molecule has 2 N–H and O–H groups in total. The van der Waals surface area contributed by atoms with Crippen molar-refractivity contribution in [3.63, 3.8) is 0 Å². The van der Waals surface area contributed by atoms with E-state index in [9.17, 15) is 4.79 Å². The van der Waals surface area contributed by atoms with Gasteiger partial charge < -0.3 is 15.4 Å². The number of carbonyl (C=O) groups is 1. The number of ether oxygens (including phenoxy) is 1. The first kappa shape index (κ1) is 13.4. The molecule has 14 heavy (non-hydrogen) atoms. The molecule has 1 amide bonds. The summed E-state index contributed by atoms with van der Waals surface area (Å²) in [6, 6.07) is -0.130. The highest BCUT2D eigenvalue weighted by Crippen LogP contribution is 1.93. The van der Waals surface area contributed by atoms with E-state index >= 15 is 0 Å². The third-order valence-corrected chi connectivity index (χ3v) is 1.97. The molecule has 84 valence electrons. The summed E-state index contributed by atoms with van der Waals surface area (Å²) in [5.74, 6) is 0.481. The first-order valence-corrected chi connectivity index (χ1v) is 5.11. The largest absolute Gasteiger partial charge is 0.384 e. The van der Waals surface area contributed by atoms with Gasteiger partial charge in [0.1, 0.15) is 0 Å². The van der Waals surface area contributed by atoms with Crippen LogP contribution in [0.15, 0.2) is 0 Å². The Morgan fingerprint density at radius 1 is 1.43 bits per heavy atom. The van der Waals surface area contributed by atoms with Crippen LogP contribution < -0.4 is 10.6 Å². The highest BCUT2D eigenvalue weighted by Gasteiger charge is 2.11. The summed E-state index contributed by atoms with van der Waals surface area (Å²) < 4.78 is 5.00. The van der Waals surface area contributed by atoms with Gasteiger partial charge in [-0.25, -0.2) is 0 Å². The van der Waals surface area contributed by atoms with Crippen LogP contribution in [0.1, 0.15) is 20.8 Å². The van der Waals surface area contributed by atoms with E-state index in [1.54, 1.807) is 7.11 Å². The minimum absolute atomic E-state index is 0.0529. The predicted molar refractivity (Wildman–Crippen MR) is 57.2 cm³/mol. The summed E-state index contributed by atoms with van der Waals surface area (Å²) in [7, 11) is 1.68. The lowest BCUT2D eigenvalue weighted by Gasteiger charge is -2.16. The van der Waals surface area contributed by atoms with Crippen LogP contribution in [0, 0.1) is 5.92 Å². The molecule has 0 rings (SSSR count). The number of hydrogen-bond donors (Lipinski definition) is 2. The molecular weight excluding hydrogens is 180 g/mol. The molecule has 0 aromatic heterocycles. The van der Waals surface area contributed by atoms with Gasteiger partial charge in [-0.1, -0.05) is 6.92 Å². The number of likely N-dealkylation sites (N-methyl/N-ethyl adjacent to an activating group) is 1. The van der Waals surface area contributed by atoms with E-state index in [0.717, 1.165) is 13.2 Å². The Kier molecular flexibility index (Phi) is 7.42. The van der Waals surface area contributed by atoms with E-state index in [-0.39, 0.29) is 11.9 Å². The number of amides is 1. The van der Waals surface area contributed by atoms with Crippen LogP contribution in [-0.2, 0) is 9.53 Å². The Morgan fingerprint density at radius 2 is 2.07 bits per heavy atom. The molecule has 4 heteroatoms. The molecule has 0 spiro atoms. The van der Waals surface area contributed by atoms with E-state index in [4.69, 9.17) is 4.74 Å². The lowest BCUT2D eigenvalue weighted by atomic mass is 10.2. The second-order valence-electron chi connectivity index (χ2n) is 3.59. The topological polar surface area (TPSA) is 50.4 Å². The molecule has 0 aromatic rings. The minimum Gasteiger partial charge on any atom is -0.384 e. The van der Waals surface area contributed by atoms with Crippen LogP contribution in [0.2, 0.25) is 0 Å². The number of nitrogens with one attached hydrogen (secondary N) is 2. The molecule has 2 unspecified atom stereocenters. The third kappa shape index (κ3) is 5.94. The fourth-order valence-electron chi connectivity index (χ4n) is 1.14. The summed E-state index contributed by atoms with van der Waals surface area (Å²) in [5, 5.41) is 5.93. The standard InChI is InChI=1S/C10H22N2O2/c1-5-11-10(13)9(3)12-6-8(2)7-14-4/h8-9,12H,5-7H2,1-4H3,(H,11,13). The van der Waals surface area contributed by atoms with Crippen molar-refractivity contribution in [1.29, 1.82) is 0 Å². The normalized spacial score (nSPS) is 14.9. The van der Waals surface area contributed by atoms with E-state index in [2.05, 4.69) is 17.6 Å². The summed E-state index contributed by atoms with van der Waals surface area (Å²) in [6.07, 6.45) is 0. The van der Waals surface area contributed by atoms with Gasteiger partial charge in [0.15, 0.2) is 0 Å². The van der Waals surface area contributed by atoms with Gasteiger partial charge in [-0.15, -0.1) is 0 Å². The molecule has 0 radical (unpaired) electrons. The predicted octanol–water partition coefficient (Wildman–Crippen LogP) is 0.383. The van der Waals surface area contributed by atoms with Crippen LogP contribution in [0.25, 0.3) is 0 Å². The highest BCUT2D eigenvalue weighted by molar-refractivity contribution is 5.81. The van der Waals surface area contributed by atoms with Gasteiger partial charge in [-0.2, -0.15) is 0 Å². The van der Waals surface area contributed by atoms with Gasteiger partial charge in [-0.3, -0.25) is 4.79 Å². The average Bonchev–Trinajstić information content (AvgIpc) is 2.15. The van der Waals surface area contributed by atoms with Crippen LogP contribution in [-0.4, -0.2) is 38.8 Å². The summed E-state index contributed by atoms with van der Waals surface area (Å²) in [4.78, 5) is 11.3. The number of methoxy groups -OCH3 is 1. The molecule has 0 aromatic carbocycles. The fourth-order valence-corrected chi connectivity index (χ4v) is 1.14. The molecule has 0 aliphatic carbocycles. The Bertz CT molecular complexity index is 162. The number of hydrogen-bond acceptors (Lipinski definition) is 3. The quantitative estimate of drug-likeness (QED) is 0.627. The molecule has 2 atom stereocenters. The van der Waals surface area contributed by atoms with Crippen LogP contribution in [0.4, 0.5) is 0 Å². The van der Waals surface area contributed by atoms with Gasteiger partial charge in [0.05, 0.1) is 6.04 Å². The van der Waals surface area contributed by atoms with Crippen LogP contribution in [0.5, 0.6) is 0 Å². The lowest BCUT2D eigenvalue weighted by molar-refractivity contribution is -0.122. The summed E-state index contributed by atoms with van der Waals surface area (Å²) in [5.41, 5.74) is 0. The number of rotatable bonds is 7. The zero-order valence-electron chi connectivity index (χ0n) is 9.59. The maximum Gasteiger partial charge on any atom is 0.236 e. The maximum absolute atomic E-state index is 11.3. The van der Waals surface area contributed by atoms with Crippen molar-refractivity contribution in [2.24, 2.45) is 5.92 Å². The molecule has 4 nitrogen and oxygen atoms in total. The van der Waals surface area contributed by atoms with Crippen molar-refractivity contribution in [2.75, 3.05) is 26.8 Å². The second-order valence-corrected chi connectivity index (χ2v) is 3.59. The smallest absolute Gasteiger partial charge is 0.236 e. The van der Waals surface area contributed by atoms with Crippen molar-refractivity contribution in [3.05, 3.63) is 0 Å². The number of carbonyl (C=O) groups excluding carboxylic acids is 1. The SMILES string of the molecule is CCNC(=O)C(C)NCC(C)COC. The Hall–Kier alpha value is -0.610. The Morgan fingerprint density at radius 3 is 2.57 bits per heavy atom. The zero-order chi connectivity index (χ0) is 11.0. The molecule has 0 fully saturated rings. The highest BCUT2D eigenvalue weighted by atomic mass is 16.5. The molecule has 0 bridgehead atoms. The molecule has 0 saturated carbocycles. The van der Waals surface area contributed by atoms with Gasteiger partial charge in [0, 0.05) is 26.8 Å². The molecule has 0 heterocycles. The van der Waals surface area contributed by atoms with E-state index in [1.165, 1.54) is 0 Å². The van der Waals surface area contributed by atoms with Crippen molar-refractivity contribution < 1.29 is 9.53 Å². The van der Waals surface area contributed by atoms with Crippen molar-refractivity contribution in [1.82, 2.24) is 10.6 Å². The zero-order valence-corrected chi connectivity index (χ0v) is 9.59. The van der Waals surface area contributed by atoms with E-state index in [1.807, 2.05) is 13.8 Å². The fraction of sp³-hybridized carbons (Fsp3) is 0.900. The van der Waals surface area contributed by atoms with Gasteiger partial charge in [-0.05, 0) is 19.8 Å². The molecule has 0 saturated heterocycles. The second kappa shape index (κ2) is 7.76. The average molecular weight is 202 g/mol. The monoisotopic (exact) mass is 202 g/mol. The van der Waals surface area contributed by atoms with Crippen LogP contribution in [0.3, 0.4) is 0 Å². The molecule has 0 aliphatic heterocycles. The Labute approximate surface area is 86.4 Å². The van der Waals surface area contributed by atoms with E-state index in [0.29, 0.717) is 12.5 Å². The Balaban J connectivity index is 3.61. The first-order valence-electron chi connectivity index (χ1n) is 5.11. The van der Waals surface area contributed by atoms with Crippen LogP contribution >= 0.6 is 0 Å². The lowest BCUT2D eigenvalue weighted by Crippen LogP contribution is -2.43. The van der Waals surface area contributed by atoms with Gasteiger partial charge in [0.2, 0.25) is 5.91 Å². The molecule has 0 aliphatic rings. The summed E-state index contributed by atoms with van der Waals surface area (Å²) >= 11 is 0. The third-order valence-electron chi connectivity index (χ3n) is 1.97. The minimum atomic E-state index is -0.130. The van der Waals surface area contributed by atoms with Crippen molar-refractivity contribution in [3.8, 4) is 0 Å². The van der Waals surface area contributed by atoms with E-state index < -0.39 is 0 Å².